The SMILES string of the molecule is CCCNC(=O)NC(=O)COC(=O)CCc1cccs1. The van der Waals surface area contributed by atoms with Crippen molar-refractivity contribution in [1.29, 1.82) is 0 Å². The normalized spacial score (nSPS) is 9.85. The maximum Gasteiger partial charge on any atom is 0.321 e. The zero-order chi connectivity index (χ0) is 14.8. The predicted octanol–water partition coefficient (Wildman–Crippen LogP) is 1.46. The molecular formula is C13H18N2O4S. The molecule has 2 N–H and O–H groups in total. The highest BCUT2D eigenvalue weighted by atomic mass is 32.1. The second-order valence-corrected chi connectivity index (χ2v) is 5.08. The first-order chi connectivity index (χ1) is 9.61. The van der Waals surface area contributed by atoms with Crippen molar-refractivity contribution in [1.82, 2.24) is 10.6 Å². The Morgan fingerprint density at radius 2 is 2.15 bits per heavy atom. The van der Waals surface area contributed by atoms with E-state index in [0.717, 1.165) is 11.3 Å². The summed E-state index contributed by atoms with van der Waals surface area (Å²) in [4.78, 5) is 35.0. The second-order valence-electron chi connectivity index (χ2n) is 4.04. The second kappa shape index (κ2) is 9.08. The van der Waals surface area contributed by atoms with E-state index in [2.05, 4.69) is 10.6 Å². The molecule has 0 spiro atoms. The lowest BCUT2D eigenvalue weighted by Gasteiger charge is -2.06. The summed E-state index contributed by atoms with van der Waals surface area (Å²) in [7, 11) is 0. The molecule has 0 atom stereocenters. The molecule has 0 aromatic carbocycles. The van der Waals surface area contributed by atoms with Gasteiger partial charge in [-0.1, -0.05) is 13.0 Å². The molecule has 6 nitrogen and oxygen atoms in total. The number of carbonyl (C=O) groups is 3. The van der Waals surface area contributed by atoms with Gasteiger partial charge in [-0.05, 0) is 24.3 Å². The van der Waals surface area contributed by atoms with Gasteiger partial charge in [-0.25, -0.2) is 4.79 Å². The van der Waals surface area contributed by atoms with Gasteiger partial charge in [0, 0.05) is 11.4 Å². The third-order valence-electron chi connectivity index (χ3n) is 2.31. The van der Waals surface area contributed by atoms with Gasteiger partial charge in [0.25, 0.3) is 5.91 Å². The van der Waals surface area contributed by atoms with Gasteiger partial charge in [0.15, 0.2) is 6.61 Å². The van der Waals surface area contributed by atoms with Gasteiger partial charge < -0.3 is 10.1 Å². The third-order valence-corrected chi connectivity index (χ3v) is 3.24. The Kier molecular flexibility index (Phi) is 7.34. The molecule has 0 bridgehead atoms. The Labute approximate surface area is 121 Å². The molecule has 0 radical (unpaired) electrons. The highest BCUT2D eigenvalue weighted by molar-refractivity contribution is 7.09. The van der Waals surface area contributed by atoms with Crippen molar-refractivity contribution in [3.05, 3.63) is 22.4 Å². The van der Waals surface area contributed by atoms with Crippen molar-refractivity contribution in [2.45, 2.75) is 26.2 Å². The molecule has 1 rings (SSSR count). The quantitative estimate of drug-likeness (QED) is 0.746. The van der Waals surface area contributed by atoms with Gasteiger partial charge in [-0.3, -0.25) is 14.9 Å². The van der Waals surface area contributed by atoms with Gasteiger partial charge >= 0.3 is 12.0 Å². The molecule has 1 aromatic rings. The van der Waals surface area contributed by atoms with Gasteiger partial charge in [-0.2, -0.15) is 0 Å². The third kappa shape index (κ3) is 6.89. The molecule has 0 saturated carbocycles. The fraction of sp³-hybridized carbons (Fsp3) is 0.462. The maximum atomic E-state index is 11.4. The smallest absolute Gasteiger partial charge is 0.321 e. The van der Waals surface area contributed by atoms with E-state index in [4.69, 9.17) is 4.74 Å². The molecule has 0 aliphatic rings. The molecule has 1 heterocycles. The van der Waals surface area contributed by atoms with Crippen molar-refractivity contribution >= 4 is 29.2 Å². The summed E-state index contributed by atoms with van der Waals surface area (Å²) in [6.07, 6.45) is 1.59. The van der Waals surface area contributed by atoms with E-state index < -0.39 is 24.5 Å². The van der Waals surface area contributed by atoms with Crippen LogP contribution in [0, 0.1) is 0 Å². The van der Waals surface area contributed by atoms with E-state index >= 15 is 0 Å². The van der Waals surface area contributed by atoms with Gasteiger partial charge in [-0.15, -0.1) is 11.3 Å². The first-order valence-electron chi connectivity index (χ1n) is 6.37. The zero-order valence-electron chi connectivity index (χ0n) is 11.3. The predicted molar refractivity (Wildman–Crippen MR) is 75.4 cm³/mol. The van der Waals surface area contributed by atoms with Crippen LogP contribution in [-0.4, -0.2) is 31.1 Å². The van der Waals surface area contributed by atoms with Gasteiger partial charge in [0.2, 0.25) is 0 Å². The van der Waals surface area contributed by atoms with Crippen LogP contribution in [0.5, 0.6) is 0 Å². The zero-order valence-corrected chi connectivity index (χ0v) is 12.1. The average Bonchev–Trinajstić information content (AvgIpc) is 2.93. The standard InChI is InChI=1S/C13H18N2O4S/c1-2-7-14-13(18)15-11(16)9-19-12(17)6-5-10-4-3-8-20-10/h3-4,8H,2,5-7,9H2,1H3,(H2,14,15,16,18). The maximum absolute atomic E-state index is 11.4. The number of nitrogens with one attached hydrogen (secondary N) is 2. The molecule has 1 aromatic heterocycles. The van der Waals surface area contributed by atoms with E-state index in [9.17, 15) is 14.4 Å². The number of hydrogen-bond acceptors (Lipinski definition) is 5. The Morgan fingerprint density at radius 1 is 1.35 bits per heavy atom. The number of imide groups is 1. The van der Waals surface area contributed by atoms with E-state index in [-0.39, 0.29) is 6.42 Å². The van der Waals surface area contributed by atoms with Crippen LogP contribution in [0.25, 0.3) is 0 Å². The Balaban J connectivity index is 2.13. The van der Waals surface area contributed by atoms with Gasteiger partial charge in [0.05, 0.1) is 6.42 Å². The highest BCUT2D eigenvalue weighted by Crippen LogP contribution is 2.10. The molecule has 3 amide bonds. The van der Waals surface area contributed by atoms with E-state index in [1.807, 2.05) is 24.4 Å². The molecule has 7 heteroatoms. The monoisotopic (exact) mass is 298 g/mol. The van der Waals surface area contributed by atoms with Crippen molar-refractivity contribution in [3.8, 4) is 0 Å². The minimum absolute atomic E-state index is 0.218. The largest absolute Gasteiger partial charge is 0.456 e. The molecule has 0 aliphatic heterocycles. The molecule has 0 aliphatic carbocycles. The van der Waals surface area contributed by atoms with E-state index in [0.29, 0.717) is 13.0 Å². The molecular weight excluding hydrogens is 280 g/mol. The van der Waals surface area contributed by atoms with Crippen LogP contribution in [0.1, 0.15) is 24.6 Å². The highest BCUT2D eigenvalue weighted by Gasteiger charge is 2.10. The number of aryl methyl sites for hydroxylation is 1. The minimum atomic E-state index is -0.636. The topological polar surface area (TPSA) is 84.5 Å². The summed E-state index contributed by atoms with van der Waals surface area (Å²) in [6.45, 7) is 1.94. The number of amides is 3. The lowest BCUT2D eigenvalue weighted by atomic mass is 10.3. The molecule has 110 valence electrons. The first kappa shape index (κ1) is 16.2. The number of carbonyl (C=O) groups excluding carboxylic acids is 3. The minimum Gasteiger partial charge on any atom is -0.456 e. The number of esters is 1. The lowest BCUT2D eigenvalue weighted by molar-refractivity contribution is -0.148. The van der Waals surface area contributed by atoms with E-state index in [1.165, 1.54) is 0 Å². The van der Waals surface area contributed by atoms with Crippen molar-refractivity contribution in [2.24, 2.45) is 0 Å². The lowest BCUT2D eigenvalue weighted by Crippen LogP contribution is -2.41. The van der Waals surface area contributed by atoms with E-state index in [1.54, 1.807) is 11.3 Å². The van der Waals surface area contributed by atoms with Crippen LogP contribution in [0.4, 0.5) is 4.79 Å². The van der Waals surface area contributed by atoms with Crippen LogP contribution in [0.2, 0.25) is 0 Å². The summed E-state index contributed by atoms with van der Waals surface area (Å²) in [5.41, 5.74) is 0. The summed E-state index contributed by atoms with van der Waals surface area (Å²) in [5, 5.41) is 6.49. The van der Waals surface area contributed by atoms with Crippen LogP contribution in [0.3, 0.4) is 0 Å². The van der Waals surface area contributed by atoms with Crippen LogP contribution in [-0.2, 0) is 20.7 Å². The fourth-order valence-electron chi connectivity index (χ4n) is 1.34. The molecule has 0 saturated heterocycles. The number of rotatable bonds is 7. The van der Waals surface area contributed by atoms with Crippen LogP contribution >= 0.6 is 11.3 Å². The van der Waals surface area contributed by atoms with Crippen molar-refractivity contribution in [2.75, 3.05) is 13.2 Å². The summed E-state index contributed by atoms with van der Waals surface area (Å²) < 4.78 is 4.78. The van der Waals surface area contributed by atoms with Crippen LogP contribution in [0.15, 0.2) is 17.5 Å². The molecule has 0 fully saturated rings. The first-order valence-corrected chi connectivity index (χ1v) is 7.25. The Bertz CT molecular complexity index is 445. The number of ether oxygens (including phenoxy) is 1. The number of thiophene rings is 1. The molecule has 20 heavy (non-hydrogen) atoms. The molecule has 0 unspecified atom stereocenters. The Hall–Kier alpha value is -1.89. The fourth-order valence-corrected chi connectivity index (χ4v) is 2.05. The van der Waals surface area contributed by atoms with Crippen LogP contribution < -0.4 is 10.6 Å². The average molecular weight is 298 g/mol. The number of urea groups is 1. The Morgan fingerprint density at radius 3 is 2.80 bits per heavy atom. The summed E-state index contributed by atoms with van der Waals surface area (Å²) in [5.74, 6) is -1.09. The van der Waals surface area contributed by atoms with Gasteiger partial charge in [0.1, 0.15) is 0 Å². The summed E-state index contributed by atoms with van der Waals surface area (Å²) in [6, 6.07) is 3.27. The van der Waals surface area contributed by atoms with Crippen molar-refractivity contribution < 1.29 is 19.1 Å². The van der Waals surface area contributed by atoms with Crippen molar-refractivity contribution in [3.63, 3.8) is 0 Å². The number of hydrogen-bond donors (Lipinski definition) is 2. The summed E-state index contributed by atoms with van der Waals surface area (Å²) >= 11 is 1.57.